The average molecular weight is 134 g/mol. The van der Waals surface area contributed by atoms with Gasteiger partial charge in [0.05, 0.1) is 0 Å². The lowest BCUT2D eigenvalue weighted by atomic mass is 10.2. The highest BCUT2D eigenvalue weighted by Gasteiger charge is 2.00. The van der Waals surface area contributed by atoms with Crippen LogP contribution in [0.4, 0.5) is 8.78 Å². The zero-order chi connectivity index (χ0) is 7.28. The molecule has 54 valence electrons. The molecule has 0 aliphatic carbocycles. The largest absolute Gasteiger partial charge is 0.209 e. The summed E-state index contributed by atoms with van der Waals surface area (Å²) in [4.78, 5) is 0. The van der Waals surface area contributed by atoms with Gasteiger partial charge < -0.3 is 0 Å². The number of halogens is 2. The molecule has 0 aromatic rings. The molecule has 0 amide bonds. The van der Waals surface area contributed by atoms with Crippen LogP contribution in [0.15, 0.2) is 11.7 Å². The van der Waals surface area contributed by atoms with Crippen LogP contribution in [0.25, 0.3) is 0 Å². The van der Waals surface area contributed by atoms with Crippen LogP contribution in [0.1, 0.15) is 33.1 Å². The molecule has 0 rings (SSSR count). The lowest BCUT2D eigenvalue weighted by Gasteiger charge is -1.93. The Balaban J connectivity index is 3.78. The molecule has 0 aromatic heterocycles. The van der Waals surface area contributed by atoms with Crippen LogP contribution in [-0.2, 0) is 0 Å². The Labute approximate surface area is 54.6 Å². The molecule has 0 aliphatic rings. The van der Waals surface area contributed by atoms with Crippen molar-refractivity contribution in [3.8, 4) is 0 Å². The topological polar surface area (TPSA) is 0 Å². The van der Waals surface area contributed by atoms with E-state index in [0.717, 1.165) is 0 Å². The van der Waals surface area contributed by atoms with Crippen molar-refractivity contribution in [2.75, 3.05) is 0 Å². The molecule has 0 saturated heterocycles. The van der Waals surface area contributed by atoms with Crippen molar-refractivity contribution in [1.82, 2.24) is 0 Å². The summed E-state index contributed by atoms with van der Waals surface area (Å²) in [5.74, 6) is -1.18. The molecule has 0 atom stereocenters. The number of allylic oxidation sites excluding steroid dienone is 2. The minimum atomic E-state index is -0.600. The Bertz CT molecular complexity index is 105. The highest BCUT2D eigenvalue weighted by molar-refractivity contribution is 4.98. The van der Waals surface area contributed by atoms with Crippen LogP contribution >= 0.6 is 0 Å². The highest BCUT2D eigenvalue weighted by atomic mass is 19.2. The minimum absolute atomic E-state index is 0.172. The maximum atomic E-state index is 12.3. The summed E-state index contributed by atoms with van der Waals surface area (Å²) >= 11 is 0. The molecule has 0 nitrogen and oxygen atoms in total. The van der Waals surface area contributed by atoms with E-state index in [1.54, 1.807) is 6.92 Å². The van der Waals surface area contributed by atoms with Gasteiger partial charge in [-0.2, -0.15) is 0 Å². The second-order valence-electron chi connectivity index (χ2n) is 1.91. The maximum Gasteiger partial charge on any atom is 0.131 e. The van der Waals surface area contributed by atoms with Crippen molar-refractivity contribution in [2.45, 2.75) is 33.1 Å². The molecule has 9 heavy (non-hydrogen) atoms. The lowest BCUT2D eigenvalue weighted by Crippen LogP contribution is -1.78. The van der Waals surface area contributed by atoms with Crippen molar-refractivity contribution in [1.29, 1.82) is 0 Å². The molecule has 0 N–H and O–H groups in total. The molecule has 0 heterocycles. The Morgan fingerprint density at radius 2 is 1.67 bits per heavy atom. The fraction of sp³-hybridized carbons (Fsp3) is 0.714. The first-order chi connectivity index (χ1) is 4.22. The summed E-state index contributed by atoms with van der Waals surface area (Å²) < 4.78 is 24.5. The van der Waals surface area contributed by atoms with Gasteiger partial charge in [-0.1, -0.05) is 13.8 Å². The van der Waals surface area contributed by atoms with Crippen molar-refractivity contribution < 1.29 is 8.78 Å². The highest BCUT2D eigenvalue weighted by Crippen LogP contribution is 2.15. The van der Waals surface area contributed by atoms with Gasteiger partial charge in [-0.3, -0.25) is 0 Å². The Kier molecular flexibility index (Phi) is 4.28. The van der Waals surface area contributed by atoms with Gasteiger partial charge in [0.2, 0.25) is 0 Å². The zero-order valence-electron chi connectivity index (χ0n) is 5.88. The fourth-order valence-corrected chi connectivity index (χ4v) is 0.547. The quantitative estimate of drug-likeness (QED) is 0.555. The van der Waals surface area contributed by atoms with Crippen molar-refractivity contribution in [3.63, 3.8) is 0 Å². The standard InChI is InChI=1S/C7H12F2/c1-3-5-7(9)6(8)4-2/h3-5H2,1-2H3. The summed E-state index contributed by atoms with van der Waals surface area (Å²) in [6.07, 6.45) is 1.07. The van der Waals surface area contributed by atoms with Crippen LogP contribution in [0.2, 0.25) is 0 Å². The van der Waals surface area contributed by atoms with Crippen molar-refractivity contribution in [3.05, 3.63) is 11.7 Å². The van der Waals surface area contributed by atoms with Crippen molar-refractivity contribution >= 4 is 0 Å². The smallest absolute Gasteiger partial charge is 0.131 e. The van der Waals surface area contributed by atoms with Gasteiger partial charge in [0.1, 0.15) is 11.7 Å². The number of hydrogen-bond donors (Lipinski definition) is 0. The maximum absolute atomic E-state index is 12.3. The lowest BCUT2D eigenvalue weighted by molar-refractivity contribution is 0.490. The first kappa shape index (κ1) is 8.60. The zero-order valence-corrected chi connectivity index (χ0v) is 5.88. The predicted molar refractivity (Wildman–Crippen MR) is 34.4 cm³/mol. The first-order valence-electron chi connectivity index (χ1n) is 3.25. The number of rotatable bonds is 3. The molecule has 0 unspecified atom stereocenters. The van der Waals surface area contributed by atoms with Gasteiger partial charge in [0.25, 0.3) is 0 Å². The van der Waals surface area contributed by atoms with Crippen LogP contribution in [0, 0.1) is 0 Å². The normalized spacial score (nSPS) is 13.3. The predicted octanol–water partition coefficient (Wildman–Crippen LogP) is 3.35. The van der Waals surface area contributed by atoms with E-state index in [9.17, 15) is 8.78 Å². The molecular formula is C7H12F2. The number of hydrogen-bond acceptors (Lipinski definition) is 0. The first-order valence-corrected chi connectivity index (χ1v) is 3.25. The van der Waals surface area contributed by atoms with Crippen LogP contribution in [-0.4, -0.2) is 0 Å². The Morgan fingerprint density at radius 3 is 2.00 bits per heavy atom. The molecule has 0 radical (unpaired) electrons. The van der Waals surface area contributed by atoms with Crippen LogP contribution in [0.5, 0.6) is 0 Å². The van der Waals surface area contributed by atoms with E-state index < -0.39 is 11.7 Å². The summed E-state index contributed by atoms with van der Waals surface area (Å²) in [6, 6.07) is 0. The summed E-state index contributed by atoms with van der Waals surface area (Å²) in [6.45, 7) is 3.42. The molecule has 0 bridgehead atoms. The molecule has 0 spiro atoms. The minimum Gasteiger partial charge on any atom is -0.209 e. The van der Waals surface area contributed by atoms with E-state index in [0.29, 0.717) is 6.42 Å². The Hall–Kier alpha value is -0.400. The fourth-order valence-electron chi connectivity index (χ4n) is 0.547. The van der Waals surface area contributed by atoms with Crippen LogP contribution in [0.3, 0.4) is 0 Å². The third-order valence-corrected chi connectivity index (χ3v) is 1.07. The van der Waals surface area contributed by atoms with E-state index in [1.165, 1.54) is 0 Å². The van der Waals surface area contributed by atoms with Crippen LogP contribution < -0.4 is 0 Å². The van der Waals surface area contributed by atoms with Gasteiger partial charge in [0.15, 0.2) is 0 Å². The van der Waals surface area contributed by atoms with Crippen molar-refractivity contribution in [2.24, 2.45) is 0 Å². The summed E-state index contributed by atoms with van der Waals surface area (Å²) in [5.41, 5.74) is 0. The third kappa shape index (κ3) is 3.22. The van der Waals surface area contributed by atoms with E-state index in [-0.39, 0.29) is 12.8 Å². The monoisotopic (exact) mass is 134 g/mol. The van der Waals surface area contributed by atoms with Gasteiger partial charge in [0, 0.05) is 6.42 Å². The van der Waals surface area contributed by atoms with E-state index in [1.807, 2.05) is 6.92 Å². The molecule has 2 heteroatoms. The van der Waals surface area contributed by atoms with Gasteiger partial charge in [-0.05, 0) is 12.8 Å². The van der Waals surface area contributed by atoms with E-state index >= 15 is 0 Å². The van der Waals surface area contributed by atoms with E-state index in [2.05, 4.69) is 0 Å². The average Bonchev–Trinajstić information content (AvgIpc) is 1.87. The SMILES string of the molecule is CCCC(F)=C(F)CC. The second kappa shape index (κ2) is 4.48. The van der Waals surface area contributed by atoms with Gasteiger partial charge in [-0.25, -0.2) is 8.78 Å². The summed E-state index contributed by atoms with van der Waals surface area (Å²) in [7, 11) is 0. The Morgan fingerprint density at radius 1 is 1.11 bits per heavy atom. The summed E-state index contributed by atoms with van der Waals surface area (Å²) in [5, 5.41) is 0. The third-order valence-electron chi connectivity index (χ3n) is 1.07. The molecular weight excluding hydrogens is 122 g/mol. The van der Waals surface area contributed by atoms with Gasteiger partial charge >= 0.3 is 0 Å². The molecule has 0 aliphatic heterocycles. The van der Waals surface area contributed by atoms with E-state index in [4.69, 9.17) is 0 Å². The molecule has 0 aromatic carbocycles. The van der Waals surface area contributed by atoms with Gasteiger partial charge in [-0.15, -0.1) is 0 Å². The molecule has 0 fully saturated rings. The second-order valence-corrected chi connectivity index (χ2v) is 1.91. The molecule has 0 saturated carbocycles.